The van der Waals surface area contributed by atoms with Gasteiger partial charge in [0.2, 0.25) is 15.9 Å². The first kappa shape index (κ1) is 23.0. The number of benzene rings is 1. The number of rotatable bonds is 8. The summed E-state index contributed by atoms with van der Waals surface area (Å²) >= 11 is 0. The van der Waals surface area contributed by atoms with E-state index in [1.54, 1.807) is 17.0 Å². The van der Waals surface area contributed by atoms with Gasteiger partial charge in [0, 0.05) is 26.2 Å². The summed E-state index contributed by atoms with van der Waals surface area (Å²) in [4.78, 5) is 25.8. The first-order chi connectivity index (χ1) is 13.6. The zero-order valence-electron chi connectivity index (χ0n) is 17.1. The summed E-state index contributed by atoms with van der Waals surface area (Å²) in [6, 6.07) is 4.84. The molecule has 1 aromatic carbocycles. The number of hydrogen-bond acceptors (Lipinski definition) is 5. The van der Waals surface area contributed by atoms with E-state index < -0.39 is 22.1 Å². The number of sulfonamides is 1. The average molecular weight is 427 g/mol. The van der Waals surface area contributed by atoms with Crippen molar-refractivity contribution in [2.75, 3.05) is 32.8 Å². The second-order valence-corrected chi connectivity index (χ2v) is 9.26. The monoisotopic (exact) mass is 426 g/mol. The van der Waals surface area contributed by atoms with Gasteiger partial charge in [0.1, 0.15) is 11.8 Å². The van der Waals surface area contributed by atoms with Crippen molar-refractivity contribution in [3.05, 3.63) is 24.3 Å². The third-order valence-electron chi connectivity index (χ3n) is 4.64. The van der Waals surface area contributed by atoms with Gasteiger partial charge in [-0.15, -0.1) is 0 Å². The molecule has 9 nitrogen and oxygen atoms in total. The predicted molar refractivity (Wildman–Crippen MR) is 109 cm³/mol. The lowest BCUT2D eigenvalue weighted by atomic mass is 10.0. The topological polar surface area (TPSA) is 122 Å². The number of piperazine rings is 1. The molecule has 1 aliphatic heterocycles. The third-order valence-corrected chi connectivity index (χ3v) is 6.56. The van der Waals surface area contributed by atoms with E-state index in [1.165, 1.54) is 16.4 Å². The maximum absolute atomic E-state index is 12.9. The minimum atomic E-state index is -3.65. The molecule has 3 N–H and O–H groups in total. The van der Waals surface area contributed by atoms with Crippen molar-refractivity contribution in [1.29, 1.82) is 0 Å². The molecule has 2 rings (SSSR count). The molecule has 1 heterocycles. The smallest absolute Gasteiger partial charge is 0.312 e. The second kappa shape index (κ2) is 9.93. The van der Waals surface area contributed by atoms with Crippen LogP contribution in [0.1, 0.15) is 27.2 Å². The van der Waals surface area contributed by atoms with Gasteiger partial charge in [-0.2, -0.15) is 4.31 Å². The molecule has 1 atom stereocenters. The van der Waals surface area contributed by atoms with Gasteiger partial charge in [-0.25, -0.2) is 13.2 Å². The highest BCUT2D eigenvalue weighted by Gasteiger charge is 2.33. The Balaban J connectivity index is 2.02. The van der Waals surface area contributed by atoms with Crippen LogP contribution in [0.3, 0.4) is 0 Å². The number of ether oxygens (including phenoxy) is 1. The van der Waals surface area contributed by atoms with E-state index in [9.17, 15) is 18.0 Å². The van der Waals surface area contributed by atoms with Gasteiger partial charge >= 0.3 is 6.03 Å². The highest BCUT2D eigenvalue weighted by atomic mass is 32.2. The summed E-state index contributed by atoms with van der Waals surface area (Å²) < 4.78 is 32.4. The van der Waals surface area contributed by atoms with Crippen LogP contribution in [-0.2, 0) is 14.8 Å². The Kier molecular flexibility index (Phi) is 7.86. The van der Waals surface area contributed by atoms with Crippen molar-refractivity contribution in [2.24, 2.45) is 11.7 Å². The van der Waals surface area contributed by atoms with E-state index >= 15 is 0 Å². The van der Waals surface area contributed by atoms with E-state index in [4.69, 9.17) is 10.5 Å². The summed E-state index contributed by atoms with van der Waals surface area (Å²) in [5, 5.41) is 2.50. The minimum Gasteiger partial charge on any atom is -0.494 e. The number of urea groups is 1. The molecule has 1 fully saturated rings. The van der Waals surface area contributed by atoms with E-state index in [0.29, 0.717) is 18.8 Å². The van der Waals surface area contributed by atoms with E-state index in [-0.39, 0.29) is 42.9 Å². The molecule has 1 saturated heterocycles. The maximum Gasteiger partial charge on any atom is 0.312 e. The molecular formula is C19H30N4O5S. The van der Waals surface area contributed by atoms with Crippen LogP contribution in [0.5, 0.6) is 5.75 Å². The van der Waals surface area contributed by atoms with Crippen LogP contribution < -0.4 is 15.8 Å². The number of nitrogens with one attached hydrogen (secondary N) is 1. The van der Waals surface area contributed by atoms with Crippen molar-refractivity contribution in [1.82, 2.24) is 14.5 Å². The van der Waals surface area contributed by atoms with Crippen LogP contribution in [0.4, 0.5) is 4.79 Å². The van der Waals surface area contributed by atoms with Crippen LogP contribution in [0.15, 0.2) is 29.2 Å². The predicted octanol–water partition coefficient (Wildman–Crippen LogP) is 1.00. The van der Waals surface area contributed by atoms with E-state index in [0.717, 1.165) is 0 Å². The van der Waals surface area contributed by atoms with Crippen molar-refractivity contribution in [2.45, 2.75) is 38.1 Å². The number of amides is 3. The van der Waals surface area contributed by atoms with Gasteiger partial charge in [-0.3, -0.25) is 4.79 Å². The largest absolute Gasteiger partial charge is 0.494 e. The zero-order valence-corrected chi connectivity index (χ0v) is 17.9. The molecule has 29 heavy (non-hydrogen) atoms. The highest BCUT2D eigenvalue weighted by molar-refractivity contribution is 7.89. The first-order valence-corrected chi connectivity index (χ1v) is 11.2. The Morgan fingerprint density at radius 3 is 2.21 bits per heavy atom. The van der Waals surface area contributed by atoms with Gasteiger partial charge < -0.3 is 20.7 Å². The molecule has 0 saturated carbocycles. The minimum absolute atomic E-state index is 0.187. The van der Waals surface area contributed by atoms with E-state index in [2.05, 4.69) is 5.32 Å². The summed E-state index contributed by atoms with van der Waals surface area (Å²) in [6.45, 7) is 7.14. The summed E-state index contributed by atoms with van der Waals surface area (Å²) in [5.41, 5.74) is 5.19. The number of primary amides is 1. The molecule has 0 bridgehead atoms. The van der Waals surface area contributed by atoms with Crippen molar-refractivity contribution in [3.63, 3.8) is 0 Å². The van der Waals surface area contributed by atoms with Crippen LogP contribution >= 0.6 is 0 Å². The quantitative estimate of drug-likeness (QED) is 0.642. The fourth-order valence-electron chi connectivity index (χ4n) is 3.26. The summed E-state index contributed by atoms with van der Waals surface area (Å²) in [7, 11) is -3.65. The Bertz CT molecular complexity index is 802. The number of nitrogens with zero attached hydrogens (tertiary/aromatic N) is 2. The fraction of sp³-hybridized carbons (Fsp3) is 0.579. The van der Waals surface area contributed by atoms with Crippen molar-refractivity contribution in [3.8, 4) is 5.75 Å². The molecule has 1 aromatic rings. The van der Waals surface area contributed by atoms with Crippen molar-refractivity contribution >= 4 is 22.0 Å². The summed E-state index contributed by atoms with van der Waals surface area (Å²) in [5.74, 6) is 0.563. The van der Waals surface area contributed by atoms with Gasteiger partial charge in [-0.05, 0) is 43.5 Å². The van der Waals surface area contributed by atoms with Crippen LogP contribution in [0.2, 0.25) is 0 Å². The lowest BCUT2D eigenvalue weighted by Crippen LogP contribution is -2.56. The average Bonchev–Trinajstić information content (AvgIpc) is 2.67. The molecule has 0 aromatic heterocycles. The van der Waals surface area contributed by atoms with Crippen LogP contribution in [-0.4, -0.2) is 68.4 Å². The van der Waals surface area contributed by atoms with Gasteiger partial charge in [0.15, 0.2) is 0 Å². The Morgan fingerprint density at radius 1 is 1.14 bits per heavy atom. The van der Waals surface area contributed by atoms with Crippen molar-refractivity contribution < 1.29 is 22.7 Å². The molecule has 1 aliphatic rings. The molecule has 0 unspecified atom stereocenters. The fourth-order valence-corrected chi connectivity index (χ4v) is 4.68. The van der Waals surface area contributed by atoms with Crippen LogP contribution in [0, 0.1) is 5.92 Å². The molecular weight excluding hydrogens is 396 g/mol. The lowest BCUT2D eigenvalue weighted by molar-refractivity contribution is -0.134. The third kappa shape index (κ3) is 6.07. The molecule has 0 aliphatic carbocycles. The molecule has 10 heteroatoms. The Labute approximate surface area is 172 Å². The molecule has 0 spiro atoms. The van der Waals surface area contributed by atoms with Gasteiger partial charge in [0.25, 0.3) is 0 Å². The Hall–Kier alpha value is -2.33. The number of hydrogen-bond donors (Lipinski definition) is 2. The van der Waals surface area contributed by atoms with Gasteiger partial charge in [-0.1, -0.05) is 13.8 Å². The number of carbonyl (C=O) groups excluding carboxylic acids is 2. The lowest BCUT2D eigenvalue weighted by Gasteiger charge is -2.36. The van der Waals surface area contributed by atoms with Gasteiger partial charge in [0.05, 0.1) is 11.5 Å². The number of carbonyl (C=O) groups is 2. The molecule has 162 valence electrons. The Morgan fingerprint density at radius 2 is 1.72 bits per heavy atom. The molecule has 3 amide bonds. The summed E-state index contributed by atoms with van der Waals surface area (Å²) in [6.07, 6.45) is 0.465. The normalized spacial score (nSPS) is 16.5. The van der Waals surface area contributed by atoms with E-state index in [1.807, 2.05) is 20.8 Å². The second-order valence-electron chi connectivity index (χ2n) is 7.32. The highest BCUT2D eigenvalue weighted by Crippen LogP contribution is 2.21. The number of nitrogens with two attached hydrogens (primary N) is 1. The first-order valence-electron chi connectivity index (χ1n) is 9.73. The zero-order chi connectivity index (χ0) is 21.6. The molecule has 0 radical (unpaired) electrons. The van der Waals surface area contributed by atoms with Crippen LogP contribution in [0.25, 0.3) is 0 Å². The SMILES string of the molecule is CCOc1ccc(S(=O)(=O)N2CCN(C(=O)[C@H](CC(C)C)NC(N)=O)CC2)cc1. The maximum atomic E-state index is 12.9. The standard InChI is InChI=1S/C19H30N4O5S/c1-4-28-15-5-7-16(8-6-15)29(26,27)23-11-9-22(10-12-23)18(24)17(13-14(2)3)21-19(20)25/h5-8,14,17H,4,9-13H2,1-3H3,(H3,20,21,25)/t17-/m0/s1.